The van der Waals surface area contributed by atoms with Crippen LogP contribution in [-0.2, 0) is 0 Å². The molecule has 0 aliphatic carbocycles. The van der Waals surface area contributed by atoms with Gasteiger partial charge in [-0.1, -0.05) is 6.92 Å². The van der Waals surface area contributed by atoms with Gasteiger partial charge in [0.1, 0.15) is 0 Å². The van der Waals surface area contributed by atoms with Crippen molar-refractivity contribution < 1.29 is 9.90 Å². The molecule has 17 heavy (non-hydrogen) atoms. The lowest BCUT2D eigenvalue weighted by molar-refractivity contribution is 0.0945. The van der Waals surface area contributed by atoms with E-state index in [9.17, 15) is 4.79 Å². The molecule has 0 fully saturated rings. The standard InChI is InChI=1S/C12H18N2O2S/c1-9(5-6-15)7-14-12(16)10-3-4-11(17-2)13-8-10/h3-4,8-9,15H,5-7H2,1-2H3,(H,14,16). The van der Waals surface area contributed by atoms with E-state index in [2.05, 4.69) is 10.3 Å². The molecule has 0 aliphatic heterocycles. The number of nitrogens with one attached hydrogen (secondary N) is 1. The second kappa shape index (κ2) is 7.29. The largest absolute Gasteiger partial charge is 0.396 e. The van der Waals surface area contributed by atoms with Crippen molar-refractivity contribution in [1.29, 1.82) is 0 Å². The number of aliphatic hydroxyl groups excluding tert-OH is 1. The molecule has 1 aromatic rings. The minimum atomic E-state index is -0.116. The van der Waals surface area contributed by atoms with Crippen molar-refractivity contribution in [3.8, 4) is 0 Å². The second-order valence-electron chi connectivity index (χ2n) is 3.92. The summed E-state index contributed by atoms with van der Waals surface area (Å²) in [6.45, 7) is 2.72. The summed E-state index contributed by atoms with van der Waals surface area (Å²) in [6.07, 6.45) is 4.22. The zero-order valence-electron chi connectivity index (χ0n) is 10.1. The van der Waals surface area contributed by atoms with Crippen LogP contribution in [0.1, 0.15) is 23.7 Å². The van der Waals surface area contributed by atoms with E-state index in [1.54, 1.807) is 24.0 Å². The minimum Gasteiger partial charge on any atom is -0.396 e. The molecular formula is C12H18N2O2S. The van der Waals surface area contributed by atoms with E-state index in [4.69, 9.17) is 5.11 Å². The van der Waals surface area contributed by atoms with Crippen LogP contribution in [0.5, 0.6) is 0 Å². The number of carbonyl (C=O) groups is 1. The lowest BCUT2D eigenvalue weighted by Gasteiger charge is -2.11. The fraction of sp³-hybridized carbons (Fsp3) is 0.500. The van der Waals surface area contributed by atoms with Gasteiger partial charge in [0.15, 0.2) is 0 Å². The smallest absolute Gasteiger partial charge is 0.252 e. The molecule has 0 aliphatic rings. The third kappa shape index (κ3) is 4.75. The number of rotatable bonds is 6. The van der Waals surface area contributed by atoms with Crippen LogP contribution < -0.4 is 5.32 Å². The summed E-state index contributed by atoms with van der Waals surface area (Å²) in [5, 5.41) is 12.5. The Hall–Kier alpha value is -1.07. The summed E-state index contributed by atoms with van der Waals surface area (Å²) < 4.78 is 0. The zero-order chi connectivity index (χ0) is 12.7. The van der Waals surface area contributed by atoms with Crippen molar-refractivity contribution in [3.05, 3.63) is 23.9 Å². The van der Waals surface area contributed by atoms with Gasteiger partial charge in [0, 0.05) is 19.3 Å². The zero-order valence-corrected chi connectivity index (χ0v) is 11.0. The average Bonchev–Trinajstić information content (AvgIpc) is 2.36. The van der Waals surface area contributed by atoms with Crippen molar-refractivity contribution in [1.82, 2.24) is 10.3 Å². The Labute approximate surface area is 106 Å². The molecule has 0 bridgehead atoms. The number of amides is 1. The van der Waals surface area contributed by atoms with E-state index in [1.807, 2.05) is 19.2 Å². The van der Waals surface area contributed by atoms with Gasteiger partial charge in [-0.05, 0) is 30.7 Å². The van der Waals surface area contributed by atoms with Crippen molar-refractivity contribution in [2.45, 2.75) is 18.4 Å². The molecule has 0 saturated heterocycles. The summed E-state index contributed by atoms with van der Waals surface area (Å²) in [4.78, 5) is 15.9. The lowest BCUT2D eigenvalue weighted by Crippen LogP contribution is -2.28. The maximum Gasteiger partial charge on any atom is 0.252 e. The van der Waals surface area contributed by atoms with Gasteiger partial charge in [0.05, 0.1) is 10.6 Å². The Morgan fingerprint density at radius 3 is 2.88 bits per heavy atom. The van der Waals surface area contributed by atoms with Crippen LogP contribution in [0.4, 0.5) is 0 Å². The Morgan fingerprint density at radius 2 is 2.35 bits per heavy atom. The molecule has 0 aromatic carbocycles. The van der Waals surface area contributed by atoms with E-state index in [0.717, 1.165) is 5.03 Å². The van der Waals surface area contributed by atoms with E-state index in [0.29, 0.717) is 18.5 Å². The first-order chi connectivity index (χ1) is 8.17. The van der Waals surface area contributed by atoms with Gasteiger partial charge < -0.3 is 10.4 Å². The van der Waals surface area contributed by atoms with Crippen molar-refractivity contribution >= 4 is 17.7 Å². The maximum absolute atomic E-state index is 11.7. The monoisotopic (exact) mass is 254 g/mol. The molecule has 2 N–H and O–H groups in total. The van der Waals surface area contributed by atoms with E-state index < -0.39 is 0 Å². The predicted molar refractivity (Wildman–Crippen MR) is 69.2 cm³/mol. The average molecular weight is 254 g/mol. The van der Waals surface area contributed by atoms with Gasteiger partial charge in [-0.15, -0.1) is 11.8 Å². The van der Waals surface area contributed by atoms with E-state index in [-0.39, 0.29) is 18.4 Å². The Balaban J connectivity index is 2.46. The summed E-state index contributed by atoms with van der Waals surface area (Å²) in [5.41, 5.74) is 0.569. The third-order valence-corrected chi connectivity index (χ3v) is 3.10. The van der Waals surface area contributed by atoms with Gasteiger partial charge in [0.2, 0.25) is 0 Å². The minimum absolute atomic E-state index is 0.116. The number of carbonyl (C=O) groups excluding carboxylic acids is 1. The summed E-state index contributed by atoms with van der Waals surface area (Å²) in [7, 11) is 0. The highest BCUT2D eigenvalue weighted by molar-refractivity contribution is 7.98. The van der Waals surface area contributed by atoms with Gasteiger partial charge in [-0.3, -0.25) is 4.79 Å². The number of aliphatic hydroxyl groups is 1. The summed E-state index contributed by atoms with van der Waals surface area (Å²) in [5.74, 6) is 0.164. The highest BCUT2D eigenvalue weighted by Gasteiger charge is 2.08. The number of aromatic nitrogens is 1. The van der Waals surface area contributed by atoms with Crippen LogP contribution in [-0.4, -0.2) is 35.4 Å². The van der Waals surface area contributed by atoms with Crippen LogP contribution in [0.15, 0.2) is 23.4 Å². The highest BCUT2D eigenvalue weighted by Crippen LogP contribution is 2.11. The van der Waals surface area contributed by atoms with Crippen LogP contribution in [0.25, 0.3) is 0 Å². The normalized spacial score (nSPS) is 12.2. The highest BCUT2D eigenvalue weighted by atomic mass is 32.2. The molecule has 1 rings (SSSR count). The molecule has 5 heteroatoms. The van der Waals surface area contributed by atoms with E-state index >= 15 is 0 Å². The third-order valence-electron chi connectivity index (χ3n) is 2.44. The SMILES string of the molecule is CSc1ccc(C(=O)NCC(C)CCO)cn1. The first kappa shape index (κ1) is 14.0. The number of pyridine rings is 1. The Kier molecular flexibility index (Phi) is 6.00. The molecule has 1 amide bonds. The number of thioether (sulfide) groups is 1. The summed E-state index contributed by atoms with van der Waals surface area (Å²) >= 11 is 1.54. The number of hydrogen-bond acceptors (Lipinski definition) is 4. The Morgan fingerprint density at radius 1 is 1.59 bits per heavy atom. The van der Waals surface area contributed by atoms with Gasteiger partial charge in [-0.25, -0.2) is 4.98 Å². The predicted octanol–water partition coefficient (Wildman–Crippen LogP) is 1.55. The van der Waals surface area contributed by atoms with Crippen LogP contribution in [0, 0.1) is 5.92 Å². The van der Waals surface area contributed by atoms with Gasteiger partial charge in [0.25, 0.3) is 5.91 Å². The molecular weight excluding hydrogens is 236 g/mol. The molecule has 4 nitrogen and oxygen atoms in total. The van der Waals surface area contributed by atoms with Crippen molar-refractivity contribution in [2.75, 3.05) is 19.4 Å². The van der Waals surface area contributed by atoms with Gasteiger partial charge >= 0.3 is 0 Å². The lowest BCUT2D eigenvalue weighted by atomic mass is 10.1. The van der Waals surface area contributed by atoms with Crippen molar-refractivity contribution in [2.24, 2.45) is 5.92 Å². The topological polar surface area (TPSA) is 62.2 Å². The molecule has 0 spiro atoms. The van der Waals surface area contributed by atoms with Crippen LogP contribution in [0.3, 0.4) is 0 Å². The molecule has 1 heterocycles. The van der Waals surface area contributed by atoms with Crippen LogP contribution in [0.2, 0.25) is 0 Å². The van der Waals surface area contributed by atoms with Crippen molar-refractivity contribution in [3.63, 3.8) is 0 Å². The maximum atomic E-state index is 11.7. The quantitative estimate of drug-likeness (QED) is 0.756. The van der Waals surface area contributed by atoms with E-state index in [1.165, 1.54) is 0 Å². The number of hydrogen-bond donors (Lipinski definition) is 2. The molecule has 0 saturated carbocycles. The fourth-order valence-electron chi connectivity index (χ4n) is 1.33. The van der Waals surface area contributed by atoms with Gasteiger partial charge in [-0.2, -0.15) is 0 Å². The second-order valence-corrected chi connectivity index (χ2v) is 4.74. The molecule has 1 aromatic heterocycles. The molecule has 94 valence electrons. The fourth-order valence-corrected chi connectivity index (χ4v) is 1.69. The Bertz CT molecular complexity index is 354. The first-order valence-corrected chi connectivity index (χ1v) is 6.79. The first-order valence-electron chi connectivity index (χ1n) is 5.56. The molecule has 1 unspecified atom stereocenters. The number of nitrogens with zero attached hydrogens (tertiary/aromatic N) is 1. The summed E-state index contributed by atoms with van der Waals surface area (Å²) in [6, 6.07) is 3.60. The molecule has 1 atom stereocenters. The van der Waals surface area contributed by atoms with Crippen LogP contribution >= 0.6 is 11.8 Å². The molecule has 0 radical (unpaired) electrons.